The van der Waals surface area contributed by atoms with Crippen LogP contribution in [-0.2, 0) is 6.54 Å². The Morgan fingerprint density at radius 1 is 1.07 bits per heavy atom. The summed E-state index contributed by atoms with van der Waals surface area (Å²) in [4.78, 5) is 28.8. The van der Waals surface area contributed by atoms with E-state index in [1.807, 2.05) is 44.4 Å². The number of amides is 3. The summed E-state index contributed by atoms with van der Waals surface area (Å²) in [6, 6.07) is 14.6. The zero-order chi connectivity index (χ0) is 19.9. The highest BCUT2D eigenvalue weighted by Gasteiger charge is 2.13. The van der Waals surface area contributed by atoms with Crippen molar-refractivity contribution in [3.8, 4) is 0 Å². The third-order valence-corrected chi connectivity index (χ3v) is 4.23. The molecule has 0 bridgehead atoms. The van der Waals surface area contributed by atoms with Gasteiger partial charge in [-0.05, 0) is 44.5 Å². The molecule has 28 heavy (non-hydrogen) atoms. The Kier molecular flexibility index (Phi) is 6.26. The number of aromatic nitrogens is 2. The number of imidazole rings is 1. The maximum Gasteiger partial charge on any atom is 0.319 e. The summed E-state index contributed by atoms with van der Waals surface area (Å²) in [5.74, 6) is -0.212. The first-order chi connectivity index (χ1) is 13.5. The van der Waals surface area contributed by atoms with Crippen LogP contribution in [0.4, 0.5) is 10.5 Å². The summed E-state index contributed by atoms with van der Waals surface area (Å²) in [6.07, 6.45) is 2.59. The van der Waals surface area contributed by atoms with Crippen LogP contribution in [0.25, 0.3) is 11.0 Å². The first-order valence-electron chi connectivity index (χ1n) is 9.39. The van der Waals surface area contributed by atoms with E-state index in [-0.39, 0.29) is 18.0 Å². The van der Waals surface area contributed by atoms with Crippen LogP contribution in [0.1, 0.15) is 30.6 Å². The number of hydrogen-bond donors (Lipinski definition) is 3. The molecule has 0 unspecified atom stereocenters. The van der Waals surface area contributed by atoms with E-state index < -0.39 is 0 Å². The lowest BCUT2D eigenvalue weighted by Gasteiger charge is -2.13. The second-order valence-electron chi connectivity index (χ2n) is 6.83. The highest BCUT2D eigenvalue weighted by molar-refractivity contribution is 6.03. The molecule has 3 N–H and O–H groups in total. The van der Waals surface area contributed by atoms with E-state index in [1.165, 1.54) is 0 Å². The van der Waals surface area contributed by atoms with E-state index in [0.717, 1.165) is 24.0 Å². The molecule has 0 saturated carbocycles. The molecule has 0 aliphatic heterocycles. The summed E-state index contributed by atoms with van der Waals surface area (Å²) >= 11 is 0. The van der Waals surface area contributed by atoms with Crippen molar-refractivity contribution in [2.75, 3.05) is 11.9 Å². The van der Waals surface area contributed by atoms with Gasteiger partial charge in [0.1, 0.15) is 0 Å². The van der Waals surface area contributed by atoms with Crippen molar-refractivity contribution in [3.05, 3.63) is 60.4 Å². The molecule has 3 rings (SSSR count). The van der Waals surface area contributed by atoms with Gasteiger partial charge in [0.25, 0.3) is 5.91 Å². The predicted octanol–water partition coefficient (Wildman–Crippen LogP) is 3.39. The molecule has 146 valence electrons. The van der Waals surface area contributed by atoms with Crippen molar-refractivity contribution in [1.82, 2.24) is 20.2 Å². The molecule has 0 atom stereocenters. The molecule has 0 saturated heterocycles. The van der Waals surface area contributed by atoms with E-state index in [0.29, 0.717) is 17.8 Å². The Balaban J connectivity index is 1.54. The molecule has 7 heteroatoms. The Labute approximate surface area is 164 Å². The van der Waals surface area contributed by atoms with Crippen LogP contribution in [0.15, 0.2) is 54.9 Å². The summed E-state index contributed by atoms with van der Waals surface area (Å²) < 4.78 is 2.08. The number of nitrogens with zero attached hydrogens (tertiary/aromatic N) is 2. The van der Waals surface area contributed by atoms with Gasteiger partial charge in [-0.25, -0.2) is 9.78 Å². The summed E-state index contributed by atoms with van der Waals surface area (Å²) in [7, 11) is 0. The molecule has 7 nitrogen and oxygen atoms in total. The van der Waals surface area contributed by atoms with E-state index in [9.17, 15) is 9.59 Å². The molecule has 0 aliphatic carbocycles. The molecule has 0 radical (unpaired) electrons. The van der Waals surface area contributed by atoms with Crippen LogP contribution in [-0.4, -0.2) is 34.1 Å². The number of para-hydroxylation sites is 3. The van der Waals surface area contributed by atoms with Gasteiger partial charge in [0, 0.05) is 19.1 Å². The van der Waals surface area contributed by atoms with Crippen LogP contribution in [0.2, 0.25) is 0 Å². The second-order valence-corrected chi connectivity index (χ2v) is 6.83. The first kappa shape index (κ1) is 19.4. The van der Waals surface area contributed by atoms with E-state index in [1.54, 1.807) is 24.3 Å². The third kappa shape index (κ3) is 4.88. The number of carbonyl (C=O) groups excluding carboxylic acids is 2. The van der Waals surface area contributed by atoms with Crippen molar-refractivity contribution < 1.29 is 9.59 Å². The molecule has 0 spiro atoms. The van der Waals surface area contributed by atoms with Gasteiger partial charge >= 0.3 is 6.03 Å². The molecule has 1 heterocycles. The molecular weight excluding hydrogens is 354 g/mol. The highest BCUT2D eigenvalue weighted by atomic mass is 16.2. The van der Waals surface area contributed by atoms with Crippen molar-refractivity contribution in [1.29, 1.82) is 0 Å². The van der Waals surface area contributed by atoms with Crippen molar-refractivity contribution in [3.63, 3.8) is 0 Å². The standard InChI is InChI=1S/C21H25N5O2/c1-15(2)24-21(28)25-17-9-4-3-8-16(17)20(27)22-12-7-13-26-14-23-18-10-5-6-11-19(18)26/h3-6,8-11,14-15H,7,12-13H2,1-2H3,(H,22,27)(H2,24,25,28). The van der Waals surface area contributed by atoms with Crippen molar-refractivity contribution in [2.45, 2.75) is 32.9 Å². The van der Waals surface area contributed by atoms with Gasteiger partial charge in [-0.3, -0.25) is 4.79 Å². The lowest BCUT2D eigenvalue weighted by atomic mass is 10.1. The number of hydrogen-bond acceptors (Lipinski definition) is 3. The van der Waals surface area contributed by atoms with Crippen LogP contribution in [0.3, 0.4) is 0 Å². The van der Waals surface area contributed by atoms with Crippen LogP contribution in [0, 0.1) is 0 Å². The average molecular weight is 379 g/mol. The number of benzene rings is 2. The quantitative estimate of drug-likeness (QED) is 0.550. The predicted molar refractivity (Wildman–Crippen MR) is 110 cm³/mol. The van der Waals surface area contributed by atoms with Gasteiger partial charge in [-0.1, -0.05) is 24.3 Å². The smallest absolute Gasteiger partial charge is 0.319 e. The highest BCUT2D eigenvalue weighted by Crippen LogP contribution is 2.15. The molecule has 0 fully saturated rings. The summed E-state index contributed by atoms with van der Waals surface area (Å²) in [5, 5.41) is 8.40. The Morgan fingerprint density at radius 2 is 1.82 bits per heavy atom. The molecule has 2 aromatic carbocycles. The van der Waals surface area contributed by atoms with E-state index >= 15 is 0 Å². The molecule has 3 aromatic rings. The number of rotatable bonds is 7. The topological polar surface area (TPSA) is 88.0 Å². The average Bonchev–Trinajstić information content (AvgIpc) is 3.08. The number of carbonyl (C=O) groups is 2. The Hall–Kier alpha value is -3.35. The number of urea groups is 1. The molecule has 3 amide bonds. The van der Waals surface area contributed by atoms with E-state index in [2.05, 4.69) is 25.5 Å². The van der Waals surface area contributed by atoms with E-state index in [4.69, 9.17) is 0 Å². The largest absolute Gasteiger partial charge is 0.352 e. The fourth-order valence-electron chi connectivity index (χ4n) is 2.95. The van der Waals surface area contributed by atoms with Gasteiger partial charge < -0.3 is 20.5 Å². The van der Waals surface area contributed by atoms with Gasteiger partial charge in [0.15, 0.2) is 0 Å². The normalized spacial score (nSPS) is 10.8. The minimum absolute atomic E-state index is 0.0141. The zero-order valence-electron chi connectivity index (χ0n) is 16.1. The molecule has 1 aromatic heterocycles. The maximum absolute atomic E-state index is 12.5. The van der Waals surface area contributed by atoms with Crippen LogP contribution >= 0.6 is 0 Å². The zero-order valence-corrected chi connectivity index (χ0v) is 16.1. The number of nitrogens with one attached hydrogen (secondary N) is 3. The molecule has 0 aliphatic rings. The maximum atomic E-state index is 12.5. The minimum atomic E-state index is -0.331. The van der Waals surface area contributed by atoms with Crippen molar-refractivity contribution in [2.24, 2.45) is 0 Å². The van der Waals surface area contributed by atoms with Gasteiger partial charge in [0.2, 0.25) is 0 Å². The SMILES string of the molecule is CC(C)NC(=O)Nc1ccccc1C(=O)NCCCn1cnc2ccccc21. The van der Waals surface area contributed by atoms with Crippen LogP contribution in [0.5, 0.6) is 0 Å². The van der Waals surface area contributed by atoms with Gasteiger partial charge in [-0.2, -0.15) is 0 Å². The monoisotopic (exact) mass is 379 g/mol. The van der Waals surface area contributed by atoms with Crippen molar-refractivity contribution >= 4 is 28.7 Å². The Bertz CT molecular complexity index is 964. The number of anilines is 1. The fourth-order valence-corrected chi connectivity index (χ4v) is 2.95. The first-order valence-corrected chi connectivity index (χ1v) is 9.39. The molecular formula is C21H25N5O2. The lowest BCUT2D eigenvalue weighted by Crippen LogP contribution is -2.35. The summed E-state index contributed by atoms with van der Waals surface area (Å²) in [5.41, 5.74) is 2.97. The van der Waals surface area contributed by atoms with Gasteiger partial charge in [-0.15, -0.1) is 0 Å². The second kappa shape index (κ2) is 9.03. The lowest BCUT2D eigenvalue weighted by molar-refractivity contribution is 0.0953. The minimum Gasteiger partial charge on any atom is -0.352 e. The summed E-state index contributed by atoms with van der Waals surface area (Å²) in [6.45, 7) is 5.04. The van der Waals surface area contributed by atoms with Crippen LogP contribution < -0.4 is 16.0 Å². The Morgan fingerprint density at radius 3 is 2.64 bits per heavy atom. The fraction of sp³-hybridized carbons (Fsp3) is 0.286. The third-order valence-electron chi connectivity index (χ3n) is 4.23. The number of aryl methyl sites for hydroxylation is 1. The van der Waals surface area contributed by atoms with Gasteiger partial charge in [0.05, 0.1) is 28.6 Å². The number of fused-ring (bicyclic) bond motifs is 1.